The molecule has 1 aromatic rings. The van der Waals surface area contributed by atoms with Crippen molar-refractivity contribution in [3.63, 3.8) is 0 Å². The van der Waals surface area contributed by atoms with Gasteiger partial charge in [0.1, 0.15) is 14.3 Å². The average molecular weight is 315 g/mol. The normalized spacial score (nSPS) is 12.4. The summed E-state index contributed by atoms with van der Waals surface area (Å²) >= 11 is 0. The van der Waals surface area contributed by atoms with Crippen LogP contribution in [-0.4, -0.2) is 25.4 Å². The molecule has 0 aliphatic heterocycles. The summed E-state index contributed by atoms with van der Waals surface area (Å²) in [4.78, 5) is 15.1. The summed E-state index contributed by atoms with van der Waals surface area (Å²) in [5, 5.41) is 9.58. The summed E-state index contributed by atoms with van der Waals surface area (Å²) in [7, 11) is -2.06. The number of nitrogens with one attached hydrogen (secondary N) is 1. The third-order valence-electron chi connectivity index (χ3n) is 3.67. The number of carboxylic acids is 1. The van der Waals surface area contributed by atoms with Gasteiger partial charge >= 0.3 is 5.97 Å². The highest BCUT2D eigenvalue weighted by atomic mass is 28.3. The van der Waals surface area contributed by atoms with Gasteiger partial charge in [-0.3, -0.25) is 4.79 Å². The average Bonchev–Trinajstić information content (AvgIpc) is 2.48. The van der Waals surface area contributed by atoms with E-state index in [-0.39, 0.29) is 0 Å². The molecule has 0 saturated carbocycles. The first-order valence-corrected chi connectivity index (χ1v) is 10.1. The molecule has 0 spiro atoms. The quantitative estimate of drug-likeness (QED) is 0.483. The maximum atomic E-state index is 11.7. The topological polar surface area (TPSA) is 49.3 Å². The molecule has 3 nitrogen and oxygen atoms in total. The summed E-state index contributed by atoms with van der Waals surface area (Å²) in [6.07, 6.45) is 6.07. The molecule has 118 valence electrons. The first-order chi connectivity index (χ1) is 10.6. The van der Waals surface area contributed by atoms with E-state index in [9.17, 15) is 9.90 Å². The maximum absolute atomic E-state index is 11.7. The van der Waals surface area contributed by atoms with Crippen molar-refractivity contribution in [1.29, 1.82) is 0 Å². The zero-order chi connectivity index (χ0) is 16.4. The van der Waals surface area contributed by atoms with Crippen molar-refractivity contribution in [3.8, 4) is 0 Å². The summed E-state index contributed by atoms with van der Waals surface area (Å²) in [5.41, 5.74) is 1.01. The standard InChI is InChI=1S/C18H25NO2Si/c1-4-12-22(13-5-2,14-6-3)19-17(18(20)21)15-16-10-8-7-9-11-16/h4-11,17,19H,1-3,12-15H2,(H,20,21)/t17-/m0/s1. The third-order valence-corrected chi connectivity index (χ3v) is 7.84. The van der Waals surface area contributed by atoms with Crippen LogP contribution < -0.4 is 4.98 Å². The van der Waals surface area contributed by atoms with Crippen LogP contribution in [0.3, 0.4) is 0 Å². The van der Waals surface area contributed by atoms with E-state index < -0.39 is 20.2 Å². The van der Waals surface area contributed by atoms with E-state index in [2.05, 4.69) is 24.7 Å². The van der Waals surface area contributed by atoms with Crippen LogP contribution in [0.15, 0.2) is 68.3 Å². The molecule has 0 aliphatic carbocycles. The zero-order valence-corrected chi connectivity index (χ0v) is 14.0. The van der Waals surface area contributed by atoms with Crippen LogP contribution in [0.4, 0.5) is 0 Å². The van der Waals surface area contributed by atoms with Crippen molar-refractivity contribution in [1.82, 2.24) is 4.98 Å². The molecule has 0 fully saturated rings. The van der Waals surface area contributed by atoms with Gasteiger partial charge in [-0.05, 0) is 30.1 Å². The number of hydrogen-bond acceptors (Lipinski definition) is 2. The van der Waals surface area contributed by atoms with E-state index in [0.29, 0.717) is 6.42 Å². The Morgan fingerprint density at radius 3 is 2.00 bits per heavy atom. The summed E-state index contributed by atoms with van der Waals surface area (Å²) in [5.74, 6) is -0.821. The van der Waals surface area contributed by atoms with Gasteiger partial charge in [0.05, 0.1) is 0 Å². The second-order valence-electron chi connectivity index (χ2n) is 5.48. The molecule has 0 radical (unpaired) electrons. The number of allylic oxidation sites excluding steroid dienone is 3. The Bertz CT molecular complexity index is 487. The van der Waals surface area contributed by atoms with Crippen molar-refractivity contribution in [2.75, 3.05) is 0 Å². The van der Waals surface area contributed by atoms with E-state index in [0.717, 1.165) is 23.7 Å². The minimum absolute atomic E-state index is 0.469. The van der Waals surface area contributed by atoms with Crippen LogP contribution >= 0.6 is 0 Å². The zero-order valence-electron chi connectivity index (χ0n) is 13.0. The first-order valence-electron chi connectivity index (χ1n) is 7.44. The van der Waals surface area contributed by atoms with Crippen LogP contribution in [0.25, 0.3) is 0 Å². The molecular formula is C18H25NO2Si. The van der Waals surface area contributed by atoms with Gasteiger partial charge in [-0.25, -0.2) is 0 Å². The lowest BCUT2D eigenvalue weighted by atomic mass is 10.1. The Kier molecular flexibility index (Phi) is 7.56. The van der Waals surface area contributed by atoms with Gasteiger partial charge in [0.2, 0.25) is 0 Å². The minimum atomic E-state index is -2.06. The Balaban J connectivity index is 2.97. The molecule has 4 heteroatoms. The van der Waals surface area contributed by atoms with E-state index >= 15 is 0 Å². The Morgan fingerprint density at radius 1 is 1.09 bits per heavy atom. The second kappa shape index (κ2) is 9.18. The van der Waals surface area contributed by atoms with Crippen LogP contribution in [-0.2, 0) is 11.2 Å². The van der Waals surface area contributed by atoms with E-state index in [1.807, 2.05) is 48.6 Å². The van der Waals surface area contributed by atoms with Crippen molar-refractivity contribution >= 4 is 14.2 Å². The van der Waals surface area contributed by atoms with E-state index in [4.69, 9.17) is 0 Å². The molecule has 0 amide bonds. The lowest BCUT2D eigenvalue weighted by Gasteiger charge is -2.33. The van der Waals surface area contributed by atoms with Crippen LogP contribution in [0.2, 0.25) is 18.1 Å². The van der Waals surface area contributed by atoms with E-state index in [1.165, 1.54) is 0 Å². The van der Waals surface area contributed by atoms with Gasteiger partial charge in [0.15, 0.2) is 0 Å². The highest BCUT2D eigenvalue weighted by molar-refractivity contribution is 6.79. The minimum Gasteiger partial charge on any atom is -0.480 e. The fourth-order valence-corrected chi connectivity index (χ4v) is 6.15. The highest BCUT2D eigenvalue weighted by Gasteiger charge is 2.34. The number of rotatable bonds is 11. The van der Waals surface area contributed by atoms with Gasteiger partial charge in [-0.15, -0.1) is 19.7 Å². The monoisotopic (exact) mass is 315 g/mol. The first kappa shape index (κ1) is 18.1. The summed E-state index contributed by atoms with van der Waals surface area (Å²) < 4.78 is 0. The van der Waals surface area contributed by atoms with Crippen LogP contribution in [0.1, 0.15) is 5.56 Å². The predicted octanol–water partition coefficient (Wildman–Crippen LogP) is 3.78. The van der Waals surface area contributed by atoms with Crippen molar-refractivity contribution in [2.45, 2.75) is 30.6 Å². The van der Waals surface area contributed by atoms with Gasteiger partial charge in [-0.1, -0.05) is 48.6 Å². The summed E-state index contributed by atoms with van der Waals surface area (Å²) in [6.45, 7) is 11.5. The Morgan fingerprint density at radius 2 is 1.59 bits per heavy atom. The van der Waals surface area contributed by atoms with Gasteiger partial charge in [0.25, 0.3) is 0 Å². The second-order valence-corrected chi connectivity index (χ2v) is 9.56. The van der Waals surface area contributed by atoms with Crippen LogP contribution in [0, 0.1) is 0 Å². The van der Waals surface area contributed by atoms with Crippen LogP contribution in [0.5, 0.6) is 0 Å². The molecule has 1 atom stereocenters. The molecule has 0 unspecified atom stereocenters. The number of carbonyl (C=O) groups is 1. The maximum Gasteiger partial charge on any atom is 0.320 e. The predicted molar refractivity (Wildman–Crippen MR) is 95.5 cm³/mol. The van der Waals surface area contributed by atoms with Gasteiger partial charge in [0, 0.05) is 0 Å². The molecular weight excluding hydrogens is 290 g/mol. The molecule has 0 aliphatic rings. The largest absolute Gasteiger partial charge is 0.480 e. The fraction of sp³-hybridized carbons (Fsp3) is 0.278. The Labute approximate surface area is 134 Å². The smallest absolute Gasteiger partial charge is 0.320 e. The SMILES string of the molecule is C=CC[Si](CC=C)(CC=C)N[C@@H](Cc1ccccc1)C(=O)O. The molecule has 0 heterocycles. The number of benzene rings is 1. The molecule has 0 saturated heterocycles. The fourth-order valence-electron chi connectivity index (χ4n) is 2.68. The lowest BCUT2D eigenvalue weighted by Crippen LogP contribution is -2.57. The highest BCUT2D eigenvalue weighted by Crippen LogP contribution is 2.21. The van der Waals surface area contributed by atoms with Crippen molar-refractivity contribution in [3.05, 3.63) is 73.9 Å². The molecule has 22 heavy (non-hydrogen) atoms. The summed E-state index contributed by atoms with van der Waals surface area (Å²) in [6, 6.07) is 11.5. The van der Waals surface area contributed by atoms with Crippen molar-refractivity contribution < 1.29 is 9.90 Å². The van der Waals surface area contributed by atoms with E-state index in [1.54, 1.807) is 0 Å². The molecule has 0 aromatic heterocycles. The number of carboxylic acid groups (broad SMARTS) is 1. The van der Waals surface area contributed by atoms with Gasteiger partial charge < -0.3 is 10.1 Å². The van der Waals surface area contributed by atoms with Gasteiger partial charge in [-0.2, -0.15) is 0 Å². The molecule has 1 aromatic carbocycles. The lowest BCUT2D eigenvalue weighted by molar-refractivity contribution is -0.139. The molecule has 0 bridgehead atoms. The molecule has 1 rings (SSSR count). The third kappa shape index (κ3) is 5.46. The van der Waals surface area contributed by atoms with Crippen molar-refractivity contribution in [2.24, 2.45) is 0 Å². The molecule has 2 N–H and O–H groups in total. The number of hydrogen-bond donors (Lipinski definition) is 2. The number of aliphatic carboxylic acids is 1. The Hall–Kier alpha value is -1.91.